The first kappa shape index (κ1) is 31.0. The number of aryl methyl sites for hydroxylation is 2. The zero-order chi connectivity index (χ0) is 25.0. The summed E-state index contributed by atoms with van der Waals surface area (Å²) in [6.45, 7) is 2.47. The summed E-state index contributed by atoms with van der Waals surface area (Å²) in [7, 11) is 0. The van der Waals surface area contributed by atoms with Crippen molar-refractivity contribution in [2.75, 3.05) is 10.6 Å². The van der Waals surface area contributed by atoms with E-state index in [9.17, 15) is 9.59 Å². The maximum atomic E-state index is 12.2. The van der Waals surface area contributed by atoms with Crippen molar-refractivity contribution in [3.05, 3.63) is 98.1 Å². The van der Waals surface area contributed by atoms with Gasteiger partial charge in [-0.05, 0) is 49.9 Å². The predicted octanol–water partition coefficient (Wildman–Crippen LogP) is -2.59. The average Bonchev–Trinajstić information content (AvgIpc) is 3.51. The van der Waals surface area contributed by atoms with E-state index < -0.39 is 0 Å². The lowest BCUT2D eigenvalue weighted by molar-refractivity contribution is -0.683. The highest BCUT2D eigenvalue weighted by Crippen LogP contribution is 2.06. The summed E-state index contributed by atoms with van der Waals surface area (Å²) in [5, 5.41) is 5.82. The van der Waals surface area contributed by atoms with Gasteiger partial charge in [0.1, 0.15) is 24.8 Å². The number of nitrogens with zero attached hydrogens (tertiary/aromatic N) is 4. The Kier molecular flexibility index (Phi) is 13.5. The third-order valence-electron chi connectivity index (χ3n) is 5.84. The summed E-state index contributed by atoms with van der Waals surface area (Å²) >= 11 is 0. The first-order chi connectivity index (χ1) is 17.6. The molecule has 0 saturated heterocycles. The molecule has 4 rings (SSSR count). The fraction of sp³-hybridized carbons (Fsp3) is 0.286. The van der Waals surface area contributed by atoms with Crippen LogP contribution in [-0.2, 0) is 35.8 Å². The van der Waals surface area contributed by atoms with Crippen LogP contribution < -0.4 is 53.7 Å². The number of halogens is 2. The topological polar surface area (TPSA) is 75.8 Å². The first-order valence-electron chi connectivity index (χ1n) is 12.4. The van der Waals surface area contributed by atoms with E-state index in [0.29, 0.717) is 13.1 Å². The highest BCUT2D eigenvalue weighted by molar-refractivity contribution is 5.90. The zero-order valence-electron chi connectivity index (χ0n) is 21.3. The summed E-state index contributed by atoms with van der Waals surface area (Å²) < 4.78 is 8.07. The fourth-order valence-electron chi connectivity index (χ4n) is 4.05. The third-order valence-corrected chi connectivity index (χ3v) is 5.84. The zero-order valence-corrected chi connectivity index (χ0v) is 24.4. The molecule has 0 aliphatic carbocycles. The molecule has 2 aromatic heterocycles. The Morgan fingerprint density at radius 1 is 0.605 bits per heavy atom. The SMILES string of the molecule is O=C(C[n+]1ccn(CCCCCCn2cc[n+](CC(=O)Nc3ccccc3)c2)c1)Nc1ccccc1.[Br-].[Br-]. The van der Waals surface area contributed by atoms with E-state index in [2.05, 4.69) is 19.8 Å². The minimum atomic E-state index is -0.0351. The van der Waals surface area contributed by atoms with Crippen LogP contribution in [0.4, 0.5) is 11.4 Å². The molecule has 2 N–H and O–H groups in total. The number of benzene rings is 2. The molecule has 2 amide bonds. The van der Waals surface area contributed by atoms with Crippen LogP contribution in [0.3, 0.4) is 0 Å². The van der Waals surface area contributed by atoms with Crippen LogP contribution in [0.1, 0.15) is 25.7 Å². The molecule has 0 saturated carbocycles. The summed E-state index contributed by atoms with van der Waals surface area (Å²) in [6.07, 6.45) is 16.4. The Morgan fingerprint density at radius 2 is 1.00 bits per heavy atom. The largest absolute Gasteiger partial charge is 1.00 e. The normalized spacial score (nSPS) is 10.2. The predicted molar refractivity (Wildman–Crippen MR) is 138 cm³/mol. The van der Waals surface area contributed by atoms with Gasteiger partial charge in [0.2, 0.25) is 12.7 Å². The van der Waals surface area contributed by atoms with Gasteiger partial charge in [0.25, 0.3) is 11.8 Å². The van der Waals surface area contributed by atoms with E-state index in [0.717, 1.165) is 50.1 Å². The number of aromatic nitrogens is 4. The molecule has 0 atom stereocenters. The van der Waals surface area contributed by atoms with Crippen molar-refractivity contribution < 1.29 is 52.7 Å². The summed E-state index contributed by atoms with van der Waals surface area (Å²) in [4.78, 5) is 24.4. The Morgan fingerprint density at radius 3 is 1.39 bits per heavy atom. The van der Waals surface area contributed by atoms with Gasteiger partial charge in [0.05, 0.1) is 13.1 Å². The molecule has 2 aromatic carbocycles. The van der Waals surface area contributed by atoms with Crippen LogP contribution in [0.25, 0.3) is 0 Å². The summed E-state index contributed by atoms with van der Waals surface area (Å²) in [6, 6.07) is 19.0. The first-order valence-corrected chi connectivity index (χ1v) is 12.4. The molecule has 0 radical (unpaired) electrons. The fourth-order valence-corrected chi connectivity index (χ4v) is 4.05. The maximum Gasteiger partial charge on any atom is 0.266 e. The van der Waals surface area contributed by atoms with E-state index >= 15 is 0 Å². The molecule has 202 valence electrons. The number of hydrogen-bond donors (Lipinski definition) is 2. The van der Waals surface area contributed by atoms with Gasteiger partial charge < -0.3 is 44.6 Å². The van der Waals surface area contributed by atoms with Crippen LogP contribution in [0, 0.1) is 0 Å². The molecule has 38 heavy (non-hydrogen) atoms. The molecule has 0 unspecified atom stereocenters. The number of anilines is 2. The maximum absolute atomic E-state index is 12.2. The Bertz CT molecular complexity index is 1150. The molecule has 4 aromatic rings. The van der Waals surface area contributed by atoms with Crippen LogP contribution in [-0.4, -0.2) is 20.9 Å². The van der Waals surface area contributed by atoms with Crippen molar-refractivity contribution in [3.63, 3.8) is 0 Å². The molecule has 0 bridgehead atoms. The van der Waals surface area contributed by atoms with E-state index in [1.807, 2.05) is 107 Å². The van der Waals surface area contributed by atoms with Crippen LogP contribution in [0.5, 0.6) is 0 Å². The molecule has 0 aliphatic rings. The van der Waals surface area contributed by atoms with Gasteiger partial charge in [0.15, 0.2) is 13.1 Å². The van der Waals surface area contributed by atoms with Gasteiger partial charge in [-0.15, -0.1) is 0 Å². The van der Waals surface area contributed by atoms with E-state index in [4.69, 9.17) is 0 Å². The number of rotatable bonds is 13. The highest BCUT2D eigenvalue weighted by Gasteiger charge is 2.11. The highest BCUT2D eigenvalue weighted by atomic mass is 79.9. The van der Waals surface area contributed by atoms with Crippen molar-refractivity contribution in [2.24, 2.45) is 0 Å². The summed E-state index contributed by atoms with van der Waals surface area (Å²) in [5.74, 6) is -0.0702. The lowest BCUT2D eigenvalue weighted by Crippen LogP contribution is -3.00. The second kappa shape index (κ2) is 16.6. The van der Waals surface area contributed by atoms with Gasteiger partial charge in [-0.2, -0.15) is 0 Å². The van der Waals surface area contributed by atoms with Gasteiger partial charge in [-0.25, -0.2) is 18.3 Å². The third kappa shape index (κ3) is 10.6. The standard InChI is InChI=1S/C28H32N6O2.2BrH/c35-27(29-25-11-5-3-6-12-25)21-33-19-17-31(23-33)15-9-1-2-10-16-32-18-20-34(24-32)22-28(36)30-26-13-7-4-8-14-26;;/h3-8,11-14,17-20,23-24H,1-2,9-10,15-16,21-22H2;2*1H. The molecule has 0 spiro atoms. The molecular weight excluding hydrogens is 612 g/mol. The number of para-hydroxylation sites is 2. The average molecular weight is 646 g/mol. The molecule has 8 nitrogen and oxygen atoms in total. The number of carbonyl (C=O) groups is 2. The molecule has 10 heteroatoms. The number of hydrogen-bond acceptors (Lipinski definition) is 2. The van der Waals surface area contributed by atoms with Gasteiger partial charge >= 0.3 is 0 Å². The Hall–Kier alpha value is -3.24. The van der Waals surface area contributed by atoms with Gasteiger partial charge in [-0.3, -0.25) is 9.59 Å². The lowest BCUT2D eigenvalue weighted by Gasteiger charge is -2.02. The van der Waals surface area contributed by atoms with Gasteiger partial charge in [0, 0.05) is 11.4 Å². The molecule has 2 heterocycles. The van der Waals surface area contributed by atoms with E-state index in [1.54, 1.807) is 0 Å². The number of amides is 2. The van der Waals surface area contributed by atoms with Crippen molar-refractivity contribution in [2.45, 2.75) is 51.9 Å². The smallest absolute Gasteiger partial charge is 0.266 e. The van der Waals surface area contributed by atoms with Crippen molar-refractivity contribution in [3.8, 4) is 0 Å². The minimum Gasteiger partial charge on any atom is -1.00 e. The molecule has 0 fully saturated rings. The van der Waals surface area contributed by atoms with Gasteiger partial charge in [-0.1, -0.05) is 36.4 Å². The number of nitrogens with one attached hydrogen (secondary N) is 2. The van der Waals surface area contributed by atoms with Crippen molar-refractivity contribution >= 4 is 23.2 Å². The van der Waals surface area contributed by atoms with Crippen LogP contribution in [0.2, 0.25) is 0 Å². The van der Waals surface area contributed by atoms with Crippen LogP contribution in [0.15, 0.2) is 98.1 Å². The second-order valence-electron chi connectivity index (χ2n) is 8.89. The monoisotopic (exact) mass is 644 g/mol. The lowest BCUT2D eigenvalue weighted by atomic mass is 10.2. The quantitative estimate of drug-likeness (QED) is 0.124. The number of imidazole rings is 2. The Labute approximate surface area is 244 Å². The van der Waals surface area contributed by atoms with Crippen molar-refractivity contribution in [1.29, 1.82) is 0 Å². The molecule has 0 aliphatic heterocycles. The van der Waals surface area contributed by atoms with E-state index in [-0.39, 0.29) is 45.8 Å². The number of carbonyl (C=O) groups excluding carboxylic acids is 2. The Balaban J connectivity index is 0.00000253. The molecular formula is C28H34Br2N6O2. The van der Waals surface area contributed by atoms with Crippen LogP contribution >= 0.6 is 0 Å². The van der Waals surface area contributed by atoms with Crippen molar-refractivity contribution in [1.82, 2.24) is 9.13 Å². The second-order valence-corrected chi connectivity index (χ2v) is 8.89. The number of unbranched alkanes of at least 4 members (excludes halogenated alkanes) is 3. The van der Waals surface area contributed by atoms with E-state index in [1.165, 1.54) is 0 Å². The minimum absolute atomic E-state index is 0. The summed E-state index contributed by atoms with van der Waals surface area (Å²) in [5.41, 5.74) is 1.62.